The van der Waals surface area contributed by atoms with Crippen LogP contribution in [-0.2, 0) is 9.53 Å². The summed E-state index contributed by atoms with van der Waals surface area (Å²) < 4.78 is 5.15. The number of hydrogen-bond donors (Lipinski definition) is 0. The van der Waals surface area contributed by atoms with Crippen molar-refractivity contribution in [3.63, 3.8) is 0 Å². The standard InChI is InChI=1S/C12H20O2S/c1-4-15-12(7-5-6-10(2)3)8-11(13)14-9-12/h6H,4-5,7-9H2,1-3H3. The highest BCUT2D eigenvalue weighted by atomic mass is 32.2. The number of carbonyl (C=O) groups is 1. The van der Waals surface area contributed by atoms with Gasteiger partial charge < -0.3 is 4.74 Å². The predicted molar refractivity (Wildman–Crippen MR) is 65.1 cm³/mol. The molecule has 0 aromatic carbocycles. The van der Waals surface area contributed by atoms with Crippen LogP contribution >= 0.6 is 11.8 Å². The number of thioether (sulfide) groups is 1. The van der Waals surface area contributed by atoms with Gasteiger partial charge in [0.2, 0.25) is 0 Å². The highest BCUT2D eigenvalue weighted by Crippen LogP contribution is 2.38. The summed E-state index contributed by atoms with van der Waals surface area (Å²) in [5.41, 5.74) is 1.34. The first-order valence-corrected chi connectivity index (χ1v) is 6.49. The van der Waals surface area contributed by atoms with Crippen LogP contribution in [0.25, 0.3) is 0 Å². The Bertz CT molecular complexity index is 256. The van der Waals surface area contributed by atoms with Gasteiger partial charge in [0, 0.05) is 0 Å². The molecule has 1 aliphatic heterocycles. The van der Waals surface area contributed by atoms with E-state index in [0.717, 1.165) is 18.6 Å². The lowest BCUT2D eigenvalue weighted by atomic mass is 10.0. The molecule has 1 aliphatic rings. The zero-order valence-corrected chi connectivity index (χ0v) is 10.7. The van der Waals surface area contributed by atoms with Crippen molar-refractivity contribution in [1.82, 2.24) is 0 Å². The van der Waals surface area contributed by atoms with E-state index in [4.69, 9.17) is 4.74 Å². The van der Waals surface area contributed by atoms with Crippen LogP contribution in [0.15, 0.2) is 11.6 Å². The second kappa shape index (κ2) is 5.59. The van der Waals surface area contributed by atoms with Gasteiger partial charge in [0.15, 0.2) is 0 Å². The second-order valence-corrected chi connectivity index (χ2v) is 6.01. The molecule has 86 valence electrons. The third kappa shape index (κ3) is 3.90. The Labute approximate surface area is 96.5 Å². The number of carbonyl (C=O) groups excluding carboxylic acids is 1. The largest absolute Gasteiger partial charge is 0.464 e. The monoisotopic (exact) mass is 228 g/mol. The van der Waals surface area contributed by atoms with Gasteiger partial charge in [-0.2, -0.15) is 11.8 Å². The molecule has 0 bridgehead atoms. The molecule has 0 radical (unpaired) electrons. The lowest BCUT2D eigenvalue weighted by molar-refractivity contribution is -0.137. The maximum absolute atomic E-state index is 11.2. The van der Waals surface area contributed by atoms with Crippen LogP contribution < -0.4 is 0 Å². The van der Waals surface area contributed by atoms with Crippen molar-refractivity contribution in [3.05, 3.63) is 11.6 Å². The van der Waals surface area contributed by atoms with E-state index in [1.165, 1.54) is 5.57 Å². The first-order chi connectivity index (χ1) is 7.08. The van der Waals surface area contributed by atoms with Gasteiger partial charge in [-0.1, -0.05) is 18.6 Å². The van der Waals surface area contributed by atoms with E-state index in [2.05, 4.69) is 26.8 Å². The lowest BCUT2D eigenvalue weighted by Crippen LogP contribution is -2.25. The second-order valence-electron chi connectivity index (χ2n) is 4.27. The highest BCUT2D eigenvalue weighted by Gasteiger charge is 2.39. The van der Waals surface area contributed by atoms with E-state index >= 15 is 0 Å². The number of allylic oxidation sites excluding steroid dienone is 2. The fourth-order valence-electron chi connectivity index (χ4n) is 1.83. The van der Waals surface area contributed by atoms with E-state index in [0.29, 0.717) is 13.0 Å². The van der Waals surface area contributed by atoms with Gasteiger partial charge in [0.05, 0.1) is 11.2 Å². The average Bonchev–Trinajstić information content (AvgIpc) is 2.48. The van der Waals surface area contributed by atoms with Crippen LogP contribution in [0.5, 0.6) is 0 Å². The molecule has 3 heteroatoms. The Morgan fingerprint density at radius 1 is 1.60 bits per heavy atom. The highest BCUT2D eigenvalue weighted by molar-refractivity contribution is 8.00. The van der Waals surface area contributed by atoms with E-state index in [9.17, 15) is 4.79 Å². The number of cyclic esters (lactones) is 1. The van der Waals surface area contributed by atoms with Crippen molar-refractivity contribution >= 4 is 17.7 Å². The first kappa shape index (κ1) is 12.6. The molecule has 1 unspecified atom stereocenters. The summed E-state index contributed by atoms with van der Waals surface area (Å²) in [4.78, 5) is 11.2. The fraction of sp³-hybridized carbons (Fsp3) is 0.750. The molecule has 0 aliphatic carbocycles. The Balaban J connectivity index is 2.51. The van der Waals surface area contributed by atoms with Gasteiger partial charge in [-0.3, -0.25) is 4.79 Å². The smallest absolute Gasteiger partial charge is 0.307 e. The van der Waals surface area contributed by atoms with Gasteiger partial charge in [-0.25, -0.2) is 0 Å². The van der Waals surface area contributed by atoms with Crippen LogP contribution in [-0.4, -0.2) is 23.1 Å². The molecular weight excluding hydrogens is 208 g/mol. The van der Waals surface area contributed by atoms with Gasteiger partial charge in [-0.15, -0.1) is 0 Å². The number of esters is 1. The molecule has 0 N–H and O–H groups in total. The van der Waals surface area contributed by atoms with Gasteiger partial charge in [0.1, 0.15) is 6.61 Å². The summed E-state index contributed by atoms with van der Waals surface area (Å²) in [6.45, 7) is 6.95. The lowest BCUT2D eigenvalue weighted by Gasteiger charge is -2.23. The van der Waals surface area contributed by atoms with Crippen LogP contribution in [0.2, 0.25) is 0 Å². The van der Waals surface area contributed by atoms with Crippen molar-refractivity contribution in [3.8, 4) is 0 Å². The van der Waals surface area contributed by atoms with Gasteiger partial charge in [0.25, 0.3) is 0 Å². The number of ether oxygens (including phenoxy) is 1. The SMILES string of the molecule is CCSC1(CCC=C(C)C)COC(=O)C1. The van der Waals surface area contributed by atoms with E-state index < -0.39 is 0 Å². The number of rotatable bonds is 5. The molecule has 0 amide bonds. The summed E-state index contributed by atoms with van der Waals surface area (Å²) >= 11 is 1.87. The molecule has 1 fully saturated rings. The molecule has 0 aromatic rings. The maximum Gasteiger partial charge on any atom is 0.307 e. The minimum Gasteiger partial charge on any atom is -0.464 e. The molecule has 0 spiro atoms. The normalized spacial score (nSPS) is 25.1. The maximum atomic E-state index is 11.2. The fourth-order valence-corrected chi connectivity index (χ4v) is 3.07. The minimum absolute atomic E-state index is 0.0341. The van der Waals surface area contributed by atoms with Crippen molar-refractivity contribution in [2.45, 2.75) is 44.8 Å². The van der Waals surface area contributed by atoms with Crippen molar-refractivity contribution in [2.24, 2.45) is 0 Å². The van der Waals surface area contributed by atoms with Gasteiger partial charge >= 0.3 is 5.97 Å². The summed E-state index contributed by atoms with van der Waals surface area (Å²) in [6, 6.07) is 0. The predicted octanol–water partition coefficient (Wildman–Crippen LogP) is 3.17. The molecule has 1 atom stereocenters. The third-order valence-corrected chi connectivity index (χ3v) is 3.93. The number of hydrogen-bond acceptors (Lipinski definition) is 3. The van der Waals surface area contributed by atoms with E-state index in [-0.39, 0.29) is 10.7 Å². The Morgan fingerprint density at radius 2 is 2.33 bits per heavy atom. The van der Waals surface area contributed by atoms with Crippen LogP contribution in [0.1, 0.15) is 40.0 Å². The van der Waals surface area contributed by atoms with E-state index in [1.807, 2.05) is 11.8 Å². The molecular formula is C12H20O2S. The molecule has 1 rings (SSSR count). The molecule has 2 nitrogen and oxygen atoms in total. The molecule has 0 saturated carbocycles. The van der Waals surface area contributed by atoms with Gasteiger partial charge in [-0.05, 0) is 32.4 Å². The minimum atomic E-state index is -0.0341. The Morgan fingerprint density at radius 3 is 2.80 bits per heavy atom. The first-order valence-electron chi connectivity index (χ1n) is 5.51. The Hall–Kier alpha value is -0.440. The van der Waals surface area contributed by atoms with Crippen molar-refractivity contribution in [1.29, 1.82) is 0 Å². The Kier molecular flexibility index (Phi) is 4.71. The van der Waals surface area contributed by atoms with E-state index in [1.54, 1.807) is 0 Å². The summed E-state index contributed by atoms with van der Waals surface area (Å²) in [5.74, 6) is 1.01. The average molecular weight is 228 g/mol. The quantitative estimate of drug-likeness (QED) is 0.534. The summed E-state index contributed by atoms with van der Waals surface area (Å²) in [5, 5.41) is 0. The zero-order chi connectivity index (χ0) is 11.3. The zero-order valence-electron chi connectivity index (χ0n) is 9.84. The van der Waals surface area contributed by atoms with Crippen LogP contribution in [0.4, 0.5) is 0 Å². The molecule has 1 saturated heterocycles. The summed E-state index contributed by atoms with van der Waals surface area (Å²) in [6.07, 6.45) is 4.91. The topological polar surface area (TPSA) is 26.3 Å². The molecule has 1 heterocycles. The molecule has 15 heavy (non-hydrogen) atoms. The molecule has 0 aromatic heterocycles. The van der Waals surface area contributed by atoms with Crippen molar-refractivity contribution in [2.75, 3.05) is 12.4 Å². The summed E-state index contributed by atoms with van der Waals surface area (Å²) in [7, 11) is 0. The van der Waals surface area contributed by atoms with Crippen LogP contribution in [0.3, 0.4) is 0 Å². The van der Waals surface area contributed by atoms with Crippen molar-refractivity contribution < 1.29 is 9.53 Å². The van der Waals surface area contributed by atoms with Crippen LogP contribution in [0, 0.1) is 0 Å². The third-order valence-electron chi connectivity index (χ3n) is 2.57.